The largest absolute Gasteiger partial charge is 0.240 e. The minimum atomic E-state index is 0.684. The van der Waals surface area contributed by atoms with Gasteiger partial charge in [0.15, 0.2) is 0 Å². The average Bonchev–Trinajstić information content (AvgIpc) is 2.79. The van der Waals surface area contributed by atoms with E-state index >= 15 is 0 Å². The van der Waals surface area contributed by atoms with Crippen LogP contribution in [0.4, 0.5) is 0 Å². The second-order valence-electron chi connectivity index (χ2n) is 4.05. The van der Waals surface area contributed by atoms with Gasteiger partial charge in [0.1, 0.15) is 16.6 Å². The van der Waals surface area contributed by atoms with Crippen LogP contribution in [-0.2, 0) is 0 Å². The van der Waals surface area contributed by atoms with Gasteiger partial charge in [0, 0.05) is 5.56 Å². The number of aryl methyl sites for hydroxylation is 1. The zero-order valence-corrected chi connectivity index (χ0v) is 10.7. The molecule has 0 aliphatic rings. The Bertz CT molecular complexity index is 760. The van der Waals surface area contributed by atoms with Crippen molar-refractivity contribution < 1.29 is 0 Å². The first-order valence-corrected chi connectivity index (χ1v) is 6.47. The summed E-state index contributed by atoms with van der Waals surface area (Å²) in [7, 11) is 0. The molecule has 0 radical (unpaired) electrons. The van der Waals surface area contributed by atoms with Gasteiger partial charge in [-0.2, -0.15) is 5.26 Å². The van der Waals surface area contributed by atoms with Gasteiger partial charge < -0.3 is 0 Å². The number of nitriles is 1. The summed E-state index contributed by atoms with van der Waals surface area (Å²) in [6, 6.07) is 16.5. The molecule has 0 unspecified atom stereocenters. The van der Waals surface area contributed by atoms with Crippen molar-refractivity contribution in [3.05, 3.63) is 52.3 Å². The van der Waals surface area contributed by atoms with Gasteiger partial charge in [0.05, 0.1) is 5.01 Å². The highest BCUT2D eigenvalue weighted by Gasteiger charge is 2.12. The van der Waals surface area contributed by atoms with E-state index in [1.165, 1.54) is 16.7 Å². The van der Waals surface area contributed by atoms with Crippen LogP contribution in [0, 0.1) is 18.3 Å². The van der Waals surface area contributed by atoms with Crippen molar-refractivity contribution in [3.8, 4) is 17.3 Å². The van der Waals surface area contributed by atoms with Crippen LogP contribution in [0.5, 0.6) is 0 Å². The highest BCUT2D eigenvalue weighted by atomic mass is 32.1. The molecule has 86 valence electrons. The summed E-state index contributed by atoms with van der Waals surface area (Å²) in [6.45, 7) is 1.93. The lowest BCUT2D eigenvalue weighted by Gasteiger charge is -2.04. The van der Waals surface area contributed by atoms with Gasteiger partial charge in [-0.05, 0) is 17.7 Å². The Labute approximate surface area is 109 Å². The Morgan fingerprint density at radius 2 is 1.89 bits per heavy atom. The summed E-state index contributed by atoms with van der Waals surface area (Å²) >= 11 is 1.45. The van der Waals surface area contributed by atoms with Gasteiger partial charge in [0.25, 0.3) is 0 Å². The first-order valence-electron chi connectivity index (χ1n) is 5.65. The molecule has 18 heavy (non-hydrogen) atoms. The van der Waals surface area contributed by atoms with Gasteiger partial charge in [-0.15, -0.1) is 11.3 Å². The lowest BCUT2D eigenvalue weighted by Crippen LogP contribution is -1.84. The van der Waals surface area contributed by atoms with E-state index in [1.54, 1.807) is 0 Å². The molecule has 0 N–H and O–H groups in total. The molecule has 0 amide bonds. The molecule has 0 aliphatic heterocycles. The van der Waals surface area contributed by atoms with E-state index in [4.69, 9.17) is 0 Å². The Hall–Kier alpha value is -2.18. The highest BCUT2D eigenvalue weighted by Crippen LogP contribution is 2.32. The van der Waals surface area contributed by atoms with Crippen LogP contribution in [0.15, 0.2) is 42.5 Å². The summed E-state index contributed by atoms with van der Waals surface area (Å²) < 4.78 is 0. The van der Waals surface area contributed by atoms with Crippen LogP contribution >= 0.6 is 11.3 Å². The van der Waals surface area contributed by atoms with Crippen molar-refractivity contribution in [2.24, 2.45) is 0 Å². The molecular weight excluding hydrogens is 240 g/mol. The highest BCUT2D eigenvalue weighted by molar-refractivity contribution is 7.12. The molecule has 0 saturated heterocycles. The van der Waals surface area contributed by atoms with Gasteiger partial charge in [-0.3, -0.25) is 0 Å². The number of thiazole rings is 1. The van der Waals surface area contributed by atoms with Crippen LogP contribution in [-0.4, -0.2) is 4.98 Å². The molecule has 2 aromatic carbocycles. The number of fused-ring (bicyclic) bond motifs is 1. The molecule has 3 heteroatoms. The third-order valence-electron chi connectivity index (χ3n) is 2.88. The van der Waals surface area contributed by atoms with Gasteiger partial charge in [0.2, 0.25) is 0 Å². The lowest BCUT2D eigenvalue weighted by atomic mass is 10.0. The van der Waals surface area contributed by atoms with Crippen LogP contribution < -0.4 is 0 Å². The Morgan fingerprint density at radius 1 is 1.11 bits per heavy atom. The van der Waals surface area contributed by atoms with E-state index in [0.717, 1.165) is 21.7 Å². The quantitative estimate of drug-likeness (QED) is 0.650. The minimum absolute atomic E-state index is 0.684. The maximum Gasteiger partial charge on any atom is 0.132 e. The van der Waals surface area contributed by atoms with Crippen LogP contribution in [0.25, 0.3) is 22.0 Å². The number of aromatic nitrogens is 1. The van der Waals surface area contributed by atoms with Crippen molar-refractivity contribution in [1.82, 2.24) is 4.98 Å². The molecule has 3 aromatic rings. The van der Waals surface area contributed by atoms with E-state index < -0.39 is 0 Å². The molecule has 0 spiro atoms. The van der Waals surface area contributed by atoms with Crippen molar-refractivity contribution >= 4 is 22.1 Å². The molecule has 1 aromatic heterocycles. The van der Waals surface area contributed by atoms with E-state index in [9.17, 15) is 5.26 Å². The lowest BCUT2D eigenvalue weighted by molar-refractivity contribution is 1.30. The van der Waals surface area contributed by atoms with E-state index in [2.05, 4.69) is 29.3 Å². The Balaban J connectivity index is 2.35. The SMILES string of the molecule is Cc1nc(-c2cccc3ccccc23)c(C#N)s1. The topological polar surface area (TPSA) is 36.7 Å². The maximum absolute atomic E-state index is 9.19. The van der Waals surface area contributed by atoms with Crippen molar-refractivity contribution in [2.75, 3.05) is 0 Å². The summed E-state index contributed by atoms with van der Waals surface area (Å²) in [5.74, 6) is 0. The molecule has 1 heterocycles. The van der Waals surface area contributed by atoms with Gasteiger partial charge in [-0.25, -0.2) is 4.98 Å². The molecule has 3 rings (SSSR count). The zero-order valence-electron chi connectivity index (χ0n) is 9.84. The third kappa shape index (κ3) is 1.68. The third-order valence-corrected chi connectivity index (χ3v) is 3.76. The first kappa shape index (κ1) is 10.9. The van der Waals surface area contributed by atoms with Crippen molar-refractivity contribution in [2.45, 2.75) is 6.92 Å². The van der Waals surface area contributed by atoms with Crippen LogP contribution in [0.1, 0.15) is 9.88 Å². The zero-order chi connectivity index (χ0) is 12.5. The summed E-state index contributed by atoms with van der Waals surface area (Å²) in [5.41, 5.74) is 1.84. The standard InChI is InChI=1S/C15H10N2S/c1-10-17-15(14(9-16)18-10)13-8-4-6-11-5-2-3-7-12(11)13/h2-8H,1H3. The molecule has 0 fully saturated rings. The van der Waals surface area contributed by atoms with E-state index in [1.807, 2.05) is 31.2 Å². The van der Waals surface area contributed by atoms with Gasteiger partial charge >= 0.3 is 0 Å². The molecule has 0 saturated carbocycles. The minimum Gasteiger partial charge on any atom is -0.240 e. The smallest absolute Gasteiger partial charge is 0.132 e. The Kier molecular flexibility index (Phi) is 2.58. The van der Waals surface area contributed by atoms with E-state index in [0.29, 0.717) is 4.88 Å². The molecule has 0 atom stereocenters. The fourth-order valence-corrected chi connectivity index (χ4v) is 2.85. The number of nitrogens with zero attached hydrogens (tertiary/aromatic N) is 2. The normalized spacial score (nSPS) is 10.4. The maximum atomic E-state index is 9.19. The molecule has 2 nitrogen and oxygen atoms in total. The fraction of sp³-hybridized carbons (Fsp3) is 0.0667. The second-order valence-corrected chi connectivity index (χ2v) is 5.25. The average molecular weight is 250 g/mol. The fourth-order valence-electron chi connectivity index (χ4n) is 2.12. The monoisotopic (exact) mass is 250 g/mol. The van der Waals surface area contributed by atoms with Crippen molar-refractivity contribution in [1.29, 1.82) is 5.26 Å². The summed E-state index contributed by atoms with van der Waals surface area (Å²) in [6.07, 6.45) is 0. The first-order chi connectivity index (χ1) is 8.79. The Morgan fingerprint density at radius 3 is 2.72 bits per heavy atom. The van der Waals surface area contributed by atoms with Crippen LogP contribution in [0.2, 0.25) is 0 Å². The predicted molar refractivity (Wildman–Crippen MR) is 74.5 cm³/mol. The molecule has 0 bridgehead atoms. The molecule has 0 aliphatic carbocycles. The number of rotatable bonds is 1. The summed E-state index contributed by atoms with van der Waals surface area (Å²) in [4.78, 5) is 5.18. The number of hydrogen-bond acceptors (Lipinski definition) is 3. The van der Waals surface area contributed by atoms with Crippen LogP contribution in [0.3, 0.4) is 0 Å². The van der Waals surface area contributed by atoms with Crippen molar-refractivity contribution in [3.63, 3.8) is 0 Å². The van der Waals surface area contributed by atoms with Gasteiger partial charge in [-0.1, -0.05) is 42.5 Å². The summed E-state index contributed by atoms with van der Waals surface area (Å²) in [5, 5.41) is 12.4. The van der Waals surface area contributed by atoms with E-state index in [-0.39, 0.29) is 0 Å². The number of hydrogen-bond donors (Lipinski definition) is 0. The number of benzene rings is 2. The predicted octanol–water partition coefficient (Wildman–Crippen LogP) is 4.14. The second kappa shape index (κ2) is 4.25. The molecular formula is C15H10N2S.